The van der Waals surface area contributed by atoms with Gasteiger partial charge in [0, 0.05) is 23.2 Å². The maximum atomic E-state index is 12.2. The van der Waals surface area contributed by atoms with Crippen LogP contribution in [0.2, 0.25) is 0 Å². The van der Waals surface area contributed by atoms with E-state index >= 15 is 0 Å². The molecule has 0 aliphatic heterocycles. The van der Waals surface area contributed by atoms with E-state index < -0.39 is 11.0 Å². The molecule has 0 N–H and O–H groups in total. The molecule has 1 aliphatic carbocycles. The van der Waals surface area contributed by atoms with Gasteiger partial charge in [-0.15, -0.1) is 0 Å². The van der Waals surface area contributed by atoms with E-state index in [4.69, 9.17) is 4.74 Å². The molecule has 4 nitrogen and oxygen atoms in total. The lowest BCUT2D eigenvalue weighted by Crippen LogP contribution is -2.42. The SMILES string of the molecule is COC1(c2ccc(Br)cn2)C=C(C#N)C(=O)C(C)(C)C1. The van der Waals surface area contributed by atoms with Crippen LogP contribution in [0.25, 0.3) is 0 Å². The van der Waals surface area contributed by atoms with Crippen LogP contribution in [0.1, 0.15) is 26.0 Å². The summed E-state index contributed by atoms with van der Waals surface area (Å²) in [6, 6.07) is 5.68. The van der Waals surface area contributed by atoms with E-state index in [0.717, 1.165) is 4.47 Å². The zero-order chi connectivity index (χ0) is 15.0. The largest absolute Gasteiger partial charge is 0.368 e. The highest BCUT2D eigenvalue weighted by Crippen LogP contribution is 2.44. The number of halogens is 1. The molecule has 1 aliphatic rings. The molecule has 1 unspecified atom stereocenters. The number of allylic oxidation sites excluding steroid dienone is 1. The van der Waals surface area contributed by atoms with Gasteiger partial charge in [-0.05, 0) is 40.6 Å². The molecule has 0 saturated carbocycles. The van der Waals surface area contributed by atoms with Gasteiger partial charge in [-0.25, -0.2) is 0 Å². The fourth-order valence-corrected chi connectivity index (χ4v) is 2.80. The summed E-state index contributed by atoms with van der Waals surface area (Å²) < 4.78 is 6.53. The summed E-state index contributed by atoms with van der Waals surface area (Å²) in [6.45, 7) is 3.65. The number of hydrogen-bond acceptors (Lipinski definition) is 4. The molecular formula is C15H15BrN2O2. The van der Waals surface area contributed by atoms with Crippen molar-refractivity contribution in [2.45, 2.75) is 25.9 Å². The first kappa shape index (κ1) is 14.9. The predicted octanol–water partition coefficient (Wildman–Crippen LogP) is 3.13. The van der Waals surface area contributed by atoms with E-state index in [0.29, 0.717) is 12.1 Å². The molecule has 2 rings (SSSR count). The first-order valence-electron chi connectivity index (χ1n) is 6.19. The zero-order valence-electron chi connectivity index (χ0n) is 11.6. The number of ether oxygens (including phenoxy) is 1. The number of rotatable bonds is 2. The van der Waals surface area contributed by atoms with E-state index in [1.54, 1.807) is 19.4 Å². The van der Waals surface area contributed by atoms with Crippen molar-refractivity contribution < 1.29 is 9.53 Å². The molecule has 1 heterocycles. The number of nitriles is 1. The fraction of sp³-hybridized carbons (Fsp3) is 0.400. The molecule has 0 amide bonds. The maximum absolute atomic E-state index is 12.2. The number of methoxy groups -OCH3 is 1. The van der Waals surface area contributed by atoms with Crippen LogP contribution in [0.5, 0.6) is 0 Å². The highest BCUT2D eigenvalue weighted by molar-refractivity contribution is 9.10. The zero-order valence-corrected chi connectivity index (χ0v) is 13.2. The maximum Gasteiger partial charge on any atom is 0.178 e. The average molecular weight is 335 g/mol. The Bertz CT molecular complexity index is 614. The van der Waals surface area contributed by atoms with Gasteiger partial charge < -0.3 is 4.74 Å². The van der Waals surface area contributed by atoms with Crippen molar-refractivity contribution in [2.24, 2.45) is 5.41 Å². The monoisotopic (exact) mass is 334 g/mol. The van der Waals surface area contributed by atoms with E-state index in [1.165, 1.54) is 0 Å². The molecule has 104 valence electrons. The molecule has 0 spiro atoms. The third-order valence-electron chi connectivity index (χ3n) is 3.59. The second-order valence-corrected chi connectivity index (χ2v) is 6.43. The van der Waals surface area contributed by atoms with Crippen molar-refractivity contribution in [2.75, 3.05) is 7.11 Å². The number of hydrogen-bond donors (Lipinski definition) is 0. The minimum absolute atomic E-state index is 0.132. The topological polar surface area (TPSA) is 63.0 Å². The molecule has 1 atom stereocenters. The lowest BCUT2D eigenvalue weighted by atomic mass is 9.68. The molecule has 0 fully saturated rings. The van der Waals surface area contributed by atoms with E-state index in [2.05, 4.69) is 20.9 Å². The highest BCUT2D eigenvalue weighted by Gasteiger charge is 2.47. The van der Waals surface area contributed by atoms with Crippen LogP contribution in [0.4, 0.5) is 0 Å². The van der Waals surface area contributed by atoms with Gasteiger partial charge in [-0.1, -0.05) is 13.8 Å². The van der Waals surface area contributed by atoms with Crippen molar-refractivity contribution in [3.05, 3.63) is 40.1 Å². The van der Waals surface area contributed by atoms with Crippen LogP contribution >= 0.6 is 15.9 Å². The summed E-state index contributed by atoms with van der Waals surface area (Å²) in [5.41, 5.74) is -0.683. The molecule has 20 heavy (non-hydrogen) atoms. The third-order valence-corrected chi connectivity index (χ3v) is 4.06. The summed E-state index contributed by atoms with van der Waals surface area (Å²) in [7, 11) is 1.57. The van der Waals surface area contributed by atoms with E-state index in [1.807, 2.05) is 32.0 Å². The lowest BCUT2D eigenvalue weighted by Gasteiger charge is -2.39. The van der Waals surface area contributed by atoms with E-state index in [9.17, 15) is 10.1 Å². The number of carbonyl (C=O) groups excluding carboxylic acids is 1. The van der Waals surface area contributed by atoms with Crippen LogP contribution in [-0.2, 0) is 15.1 Å². The van der Waals surface area contributed by atoms with Crippen LogP contribution < -0.4 is 0 Å². The second kappa shape index (κ2) is 5.12. The normalized spacial score (nSPS) is 24.9. The number of aromatic nitrogens is 1. The molecule has 0 bridgehead atoms. The minimum atomic E-state index is -0.844. The van der Waals surface area contributed by atoms with Gasteiger partial charge in [0.25, 0.3) is 0 Å². The summed E-state index contributed by atoms with van der Waals surface area (Å²) in [4.78, 5) is 16.6. The summed E-state index contributed by atoms with van der Waals surface area (Å²) in [5, 5.41) is 9.19. The average Bonchev–Trinajstić information content (AvgIpc) is 2.42. The Morgan fingerprint density at radius 3 is 2.65 bits per heavy atom. The van der Waals surface area contributed by atoms with Gasteiger partial charge in [0.2, 0.25) is 0 Å². The Morgan fingerprint density at radius 1 is 1.45 bits per heavy atom. The standard InChI is InChI=1S/C15H15BrN2O2/c1-14(2)9-15(20-3,6-10(7-17)13(14)19)12-5-4-11(16)8-18-12/h4-6,8H,9H2,1-3H3. The Hall–Kier alpha value is -1.51. The van der Waals surface area contributed by atoms with Crippen LogP contribution in [0.3, 0.4) is 0 Å². The fourth-order valence-electron chi connectivity index (χ4n) is 2.56. The Morgan fingerprint density at radius 2 is 2.15 bits per heavy atom. The van der Waals surface area contributed by atoms with E-state index in [-0.39, 0.29) is 11.4 Å². The molecule has 0 saturated heterocycles. The molecule has 0 aromatic carbocycles. The van der Waals surface area contributed by atoms with Crippen molar-refractivity contribution in [1.29, 1.82) is 5.26 Å². The first-order valence-corrected chi connectivity index (χ1v) is 6.99. The van der Waals surface area contributed by atoms with Crippen LogP contribution in [0.15, 0.2) is 34.5 Å². The predicted molar refractivity (Wildman–Crippen MR) is 77.7 cm³/mol. The number of nitrogens with zero attached hydrogens (tertiary/aromatic N) is 2. The van der Waals surface area contributed by atoms with Crippen molar-refractivity contribution in [3.63, 3.8) is 0 Å². The minimum Gasteiger partial charge on any atom is -0.368 e. The lowest BCUT2D eigenvalue weighted by molar-refractivity contribution is -0.128. The number of Topliss-reactive ketones (excluding diaryl/α,β-unsaturated/α-hetero) is 1. The number of ketones is 1. The number of pyridine rings is 1. The molecule has 1 aromatic rings. The molecule has 0 radical (unpaired) electrons. The highest BCUT2D eigenvalue weighted by atomic mass is 79.9. The number of carbonyl (C=O) groups is 1. The van der Waals surface area contributed by atoms with Gasteiger partial charge in [0.05, 0.1) is 11.3 Å². The quantitative estimate of drug-likeness (QED) is 0.833. The Labute approximate surface area is 126 Å². The summed E-state index contributed by atoms with van der Waals surface area (Å²) in [6.07, 6.45) is 3.73. The third kappa shape index (κ3) is 2.41. The first-order chi connectivity index (χ1) is 9.34. The van der Waals surface area contributed by atoms with Gasteiger partial charge in [0.1, 0.15) is 11.7 Å². The van der Waals surface area contributed by atoms with Gasteiger partial charge in [-0.2, -0.15) is 5.26 Å². The van der Waals surface area contributed by atoms with Gasteiger partial charge >= 0.3 is 0 Å². The Kier molecular flexibility index (Phi) is 3.81. The van der Waals surface area contributed by atoms with Crippen molar-refractivity contribution in [3.8, 4) is 6.07 Å². The molecule has 1 aromatic heterocycles. The smallest absolute Gasteiger partial charge is 0.178 e. The summed E-state index contributed by atoms with van der Waals surface area (Å²) in [5.74, 6) is -0.148. The second-order valence-electron chi connectivity index (χ2n) is 5.51. The molecular weight excluding hydrogens is 320 g/mol. The summed E-state index contributed by atoms with van der Waals surface area (Å²) >= 11 is 3.34. The van der Waals surface area contributed by atoms with Gasteiger partial charge in [0.15, 0.2) is 5.78 Å². The van der Waals surface area contributed by atoms with Crippen molar-refractivity contribution >= 4 is 21.7 Å². The molecule has 5 heteroatoms. The Balaban J connectivity index is 2.61. The van der Waals surface area contributed by atoms with Gasteiger partial charge in [-0.3, -0.25) is 9.78 Å². The van der Waals surface area contributed by atoms with Crippen molar-refractivity contribution in [1.82, 2.24) is 4.98 Å². The van der Waals surface area contributed by atoms with Crippen LogP contribution in [-0.4, -0.2) is 17.9 Å². The van der Waals surface area contributed by atoms with Crippen LogP contribution in [0, 0.1) is 16.7 Å².